The average molecular weight is 445 g/mol. The summed E-state index contributed by atoms with van der Waals surface area (Å²) in [5.41, 5.74) is 2.41. The zero-order valence-corrected chi connectivity index (χ0v) is 18.8. The second-order valence-electron chi connectivity index (χ2n) is 8.12. The van der Waals surface area contributed by atoms with Gasteiger partial charge in [0.05, 0.1) is 18.1 Å². The predicted molar refractivity (Wildman–Crippen MR) is 116 cm³/mol. The van der Waals surface area contributed by atoms with Crippen molar-refractivity contribution in [2.75, 3.05) is 26.3 Å². The molecule has 1 aliphatic carbocycles. The van der Waals surface area contributed by atoms with Gasteiger partial charge in [-0.25, -0.2) is 12.4 Å². The fourth-order valence-electron chi connectivity index (χ4n) is 4.75. The Kier molecular flexibility index (Phi) is 6.03. The van der Waals surface area contributed by atoms with Gasteiger partial charge in [0.2, 0.25) is 5.91 Å². The molecule has 0 spiro atoms. The third-order valence-corrected chi connectivity index (χ3v) is 8.19. The van der Waals surface area contributed by atoms with Crippen molar-refractivity contribution in [3.8, 4) is 0 Å². The molecule has 1 atom stereocenters. The van der Waals surface area contributed by atoms with Crippen LogP contribution in [0.1, 0.15) is 47.1 Å². The van der Waals surface area contributed by atoms with Gasteiger partial charge in [0.25, 0.3) is 10.0 Å². The predicted octanol–water partition coefficient (Wildman–Crippen LogP) is 2.59. The number of hydrogen-bond donors (Lipinski definition) is 0. The third-order valence-electron chi connectivity index (χ3n) is 6.34. The van der Waals surface area contributed by atoms with Gasteiger partial charge in [0, 0.05) is 42.4 Å². The number of benzene rings is 1. The molecule has 31 heavy (non-hydrogen) atoms. The molecule has 2 aliphatic rings. The molecule has 1 aliphatic heterocycles. The number of aromatic nitrogens is 1. The summed E-state index contributed by atoms with van der Waals surface area (Å²) in [6, 6.07) is 8.30. The minimum atomic E-state index is -3.81. The Labute approximate surface area is 183 Å². The van der Waals surface area contributed by atoms with Crippen molar-refractivity contribution < 1.29 is 22.7 Å². The second kappa shape index (κ2) is 8.59. The molecule has 166 valence electrons. The minimum Gasteiger partial charge on any atom is -0.378 e. The first kappa shape index (κ1) is 21.8. The molecule has 7 nitrogen and oxygen atoms in total. The van der Waals surface area contributed by atoms with Crippen molar-refractivity contribution in [2.45, 2.75) is 44.4 Å². The summed E-state index contributed by atoms with van der Waals surface area (Å²) in [5.74, 6) is -0.552. The molecule has 0 saturated carbocycles. The Hall–Kier alpha value is -2.45. The highest BCUT2D eigenvalue weighted by atomic mass is 32.2. The number of ether oxygens (including phenoxy) is 1. The normalized spacial score (nSPS) is 19.4. The van der Waals surface area contributed by atoms with Crippen molar-refractivity contribution in [3.63, 3.8) is 0 Å². The Morgan fingerprint density at radius 2 is 1.84 bits per heavy atom. The molecule has 1 amide bonds. The number of hydrogen-bond acceptors (Lipinski definition) is 5. The van der Waals surface area contributed by atoms with Crippen LogP contribution < -0.4 is 0 Å². The lowest BCUT2D eigenvalue weighted by Crippen LogP contribution is -2.42. The van der Waals surface area contributed by atoms with Crippen molar-refractivity contribution in [1.29, 1.82) is 0 Å². The van der Waals surface area contributed by atoms with Gasteiger partial charge >= 0.3 is 0 Å². The van der Waals surface area contributed by atoms with Gasteiger partial charge in [-0.3, -0.25) is 9.59 Å². The molecule has 0 radical (unpaired) electrons. The maximum Gasteiger partial charge on any atom is 0.268 e. The quantitative estimate of drug-likeness (QED) is 0.708. The van der Waals surface area contributed by atoms with E-state index in [2.05, 4.69) is 0 Å². The number of morpholine rings is 1. The van der Waals surface area contributed by atoms with Crippen LogP contribution in [0, 0.1) is 12.8 Å². The molecule has 1 unspecified atom stereocenters. The maximum absolute atomic E-state index is 13.4. The Morgan fingerprint density at radius 1 is 1.16 bits per heavy atom. The SMILES string of the molecule is CCc1c2c(n(S(=O)(=O)c3ccccc3)c1C)CCC(CC(=O)N1CCOCC1)C2=O. The third kappa shape index (κ3) is 3.83. The number of amides is 1. The van der Waals surface area contributed by atoms with E-state index in [0.29, 0.717) is 62.5 Å². The molecule has 1 fully saturated rings. The lowest BCUT2D eigenvalue weighted by atomic mass is 9.82. The Morgan fingerprint density at radius 3 is 2.48 bits per heavy atom. The number of Topliss-reactive ketones (excluding diaryl/α,β-unsaturated/α-hetero) is 1. The monoisotopic (exact) mass is 444 g/mol. The highest BCUT2D eigenvalue weighted by molar-refractivity contribution is 7.90. The number of ketones is 1. The van der Waals surface area contributed by atoms with Crippen LogP contribution in [-0.2, 0) is 32.4 Å². The van der Waals surface area contributed by atoms with E-state index in [1.54, 1.807) is 42.2 Å². The zero-order valence-electron chi connectivity index (χ0n) is 18.0. The van der Waals surface area contributed by atoms with Crippen LogP contribution in [0.2, 0.25) is 0 Å². The fourth-order valence-corrected chi connectivity index (χ4v) is 6.40. The number of nitrogens with zero attached hydrogens (tertiary/aromatic N) is 2. The van der Waals surface area contributed by atoms with Crippen LogP contribution in [0.15, 0.2) is 35.2 Å². The molecule has 1 aromatic carbocycles. The maximum atomic E-state index is 13.4. The highest BCUT2D eigenvalue weighted by Crippen LogP contribution is 2.36. The van der Waals surface area contributed by atoms with Crippen molar-refractivity contribution in [1.82, 2.24) is 8.87 Å². The van der Waals surface area contributed by atoms with Gasteiger partial charge < -0.3 is 9.64 Å². The smallest absolute Gasteiger partial charge is 0.268 e. The zero-order chi connectivity index (χ0) is 22.2. The first-order valence-corrected chi connectivity index (χ1v) is 12.2. The molecule has 4 rings (SSSR count). The molecule has 1 saturated heterocycles. The summed E-state index contributed by atoms with van der Waals surface area (Å²) in [6.07, 6.45) is 1.65. The van der Waals surface area contributed by atoms with Crippen LogP contribution in [0.4, 0.5) is 0 Å². The van der Waals surface area contributed by atoms with E-state index in [4.69, 9.17) is 4.74 Å². The summed E-state index contributed by atoms with van der Waals surface area (Å²) in [5, 5.41) is 0. The topological polar surface area (TPSA) is 85.7 Å². The summed E-state index contributed by atoms with van der Waals surface area (Å²) < 4.78 is 33.5. The molecular formula is C23H28N2O5S. The van der Waals surface area contributed by atoms with Gasteiger partial charge in [0.1, 0.15) is 0 Å². The van der Waals surface area contributed by atoms with E-state index >= 15 is 0 Å². The fraction of sp³-hybridized carbons (Fsp3) is 0.478. The van der Waals surface area contributed by atoms with Gasteiger partial charge in [-0.05, 0) is 43.9 Å². The Bertz CT molecular complexity index is 1100. The first-order valence-electron chi connectivity index (χ1n) is 10.8. The van der Waals surface area contributed by atoms with E-state index in [1.807, 2.05) is 6.92 Å². The van der Waals surface area contributed by atoms with Gasteiger partial charge in [0.15, 0.2) is 5.78 Å². The van der Waals surface area contributed by atoms with Crippen molar-refractivity contribution in [3.05, 3.63) is 52.8 Å². The standard InChI is InChI=1S/C23H28N2O5S/c1-3-19-16(2)25(31(28,29)18-7-5-4-6-8-18)20-10-9-17(23(27)22(19)20)15-21(26)24-11-13-30-14-12-24/h4-8,17H,3,9-15H2,1-2H3. The van der Waals surface area contributed by atoms with Gasteiger partial charge in [-0.2, -0.15) is 0 Å². The second-order valence-corrected chi connectivity index (χ2v) is 9.91. The number of fused-ring (bicyclic) bond motifs is 1. The average Bonchev–Trinajstić information content (AvgIpc) is 3.09. The molecule has 8 heteroatoms. The van der Waals surface area contributed by atoms with E-state index in [1.165, 1.54) is 3.97 Å². The molecular weight excluding hydrogens is 416 g/mol. The Balaban J connectivity index is 1.69. The van der Waals surface area contributed by atoms with E-state index in [9.17, 15) is 18.0 Å². The first-order chi connectivity index (χ1) is 14.9. The van der Waals surface area contributed by atoms with Crippen LogP contribution in [0.5, 0.6) is 0 Å². The molecule has 2 heterocycles. The van der Waals surface area contributed by atoms with E-state index < -0.39 is 15.9 Å². The van der Waals surface area contributed by atoms with Crippen LogP contribution in [-0.4, -0.2) is 55.3 Å². The summed E-state index contributed by atoms with van der Waals surface area (Å²) in [4.78, 5) is 28.1. The summed E-state index contributed by atoms with van der Waals surface area (Å²) in [7, 11) is -3.81. The molecule has 2 aromatic rings. The molecule has 0 bridgehead atoms. The molecule has 1 aromatic heterocycles. The van der Waals surface area contributed by atoms with Crippen LogP contribution >= 0.6 is 0 Å². The van der Waals surface area contributed by atoms with Gasteiger partial charge in [-0.1, -0.05) is 25.1 Å². The number of carbonyl (C=O) groups is 2. The summed E-state index contributed by atoms with van der Waals surface area (Å²) in [6.45, 7) is 5.84. The lowest BCUT2D eigenvalue weighted by molar-refractivity contribution is -0.136. The van der Waals surface area contributed by atoms with E-state index in [0.717, 1.165) is 5.56 Å². The van der Waals surface area contributed by atoms with E-state index in [-0.39, 0.29) is 23.0 Å². The summed E-state index contributed by atoms with van der Waals surface area (Å²) >= 11 is 0. The van der Waals surface area contributed by atoms with Gasteiger partial charge in [-0.15, -0.1) is 0 Å². The number of rotatable bonds is 5. The van der Waals surface area contributed by atoms with Crippen LogP contribution in [0.25, 0.3) is 0 Å². The number of carbonyl (C=O) groups excluding carboxylic acids is 2. The highest BCUT2D eigenvalue weighted by Gasteiger charge is 2.38. The van der Waals surface area contributed by atoms with Crippen molar-refractivity contribution in [2.24, 2.45) is 5.92 Å². The minimum absolute atomic E-state index is 0.0313. The lowest BCUT2D eigenvalue weighted by Gasteiger charge is -2.29. The molecule has 0 N–H and O–H groups in total. The van der Waals surface area contributed by atoms with Crippen LogP contribution in [0.3, 0.4) is 0 Å². The largest absolute Gasteiger partial charge is 0.378 e. The van der Waals surface area contributed by atoms with Crippen molar-refractivity contribution >= 4 is 21.7 Å².